The molecule has 0 aliphatic carbocycles. The average molecular weight is 469 g/mol. The van der Waals surface area contributed by atoms with Crippen molar-refractivity contribution in [3.05, 3.63) is 35.4 Å². The number of amidine groups is 1. The summed E-state index contributed by atoms with van der Waals surface area (Å²) in [6, 6.07) is 5.04. The molecule has 0 aromatic heterocycles. The minimum atomic E-state index is -3.61. The number of rotatable bonds is 14. The van der Waals surface area contributed by atoms with Crippen molar-refractivity contribution in [1.29, 1.82) is 5.41 Å². The Morgan fingerprint density at radius 3 is 2.25 bits per heavy atom. The largest absolute Gasteiger partial charge is 0.384 e. The van der Waals surface area contributed by atoms with E-state index in [4.69, 9.17) is 11.1 Å². The van der Waals surface area contributed by atoms with Crippen molar-refractivity contribution in [1.82, 2.24) is 20.7 Å². The van der Waals surface area contributed by atoms with E-state index < -0.39 is 33.9 Å². The van der Waals surface area contributed by atoms with Crippen molar-refractivity contribution in [2.75, 3.05) is 19.3 Å². The van der Waals surface area contributed by atoms with Crippen LogP contribution in [0.3, 0.4) is 0 Å². The minimum Gasteiger partial charge on any atom is -0.384 e. The lowest BCUT2D eigenvalue weighted by molar-refractivity contribution is -0.130. The molecule has 2 amide bonds. The molecule has 1 rings (SSSR count). The topological polar surface area (TPSA) is 166 Å². The smallest absolute Gasteiger partial charge is 0.244 e. The van der Waals surface area contributed by atoms with Crippen LogP contribution in [0, 0.1) is 11.3 Å². The summed E-state index contributed by atoms with van der Waals surface area (Å²) in [4.78, 5) is 25.6. The lowest BCUT2D eigenvalue weighted by Gasteiger charge is -2.26. The Bertz CT molecular complexity index is 873. The molecule has 0 heterocycles. The highest BCUT2D eigenvalue weighted by Gasteiger charge is 2.31. The number of hydrogen-bond donors (Lipinski definition) is 6. The molecule has 1 aromatic carbocycles. The van der Waals surface area contributed by atoms with Crippen molar-refractivity contribution >= 4 is 27.7 Å². The minimum absolute atomic E-state index is 0.0391. The van der Waals surface area contributed by atoms with E-state index >= 15 is 0 Å². The summed E-state index contributed by atoms with van der Waals surface area (Å²) in [5, 5.41) is 15.7. The van der Waals surface area contributed by atoms with E-state index in [9.17, 15) is 18.0 Å². The fourth-order valence-electron chi connectivity index (χ4n) is 2.97. The zero-order chi connectivity index (χ0) is 24.3. The van der Waals surface area contributed by atoms with Crippen molar-refractivity contribution in [3.63, 3.8) is 0 Å². The third-order valence-electron chi connectivity index (χ3n) is 5.05. The maximum atomic E-state index is 12.9. The van der Waals surface area contributed by atoms with Crippen LogP contribution in [0.25, 0.3) is 0 Å². The van der Waals surface area contributed by atoms with Gasteiger partial charge in [-0.15, -0.1) is 0 Å². The monoisotopic (exact) mass is 468 g/mol. The maximum absolute atomic E-state index is 12.9. The summed E-state index contributed by atoms with van der Waals surface area (Å²) in [7, 11) is -1.95. The molecule has 1 aromatic rings. The van der Waals surface area contributed by atoms with E-state index in [2.05, 4.69) is 20.7 Å². The predicted molar refractivity (Wildman–Crippen MR) is 126 cm³/mol. The van der Waals surface area contributed by atoms with Crippen LogP contribution in [-0.4, -0.2) is 57.5 Å². The Balaban J connectivity index is 2.85. The van der Waals surface area contributed by atoms with Gasteiger partial charge in [0.05, 0.1) is 5.75 Å². The molecule has 3 atom stereocenters. The van der Waals surface area contributed by atoms with Gasteiger partial charge in [0.1, 0.15) is 17.9 Å². The quantitative estimate of drug-likeness (QED) is 0.166. The number of carbonyl (C=O) groups is 2. The van der Waals surface area contributed by atoms with Gasteiger partial charge in [-0.2, -0.15) is 0 Å². The number of nitrogens with one attached hydrogen (secondary N) is 5. The zero-order valence-corrected chi connectivity index (χ0v) is 20.0. The van der Waals surface area contributed by atoms with Gasteiger partial charge in [0.2, 0.25) is 21.8 Å². The van der Waals surface area contributed by atoms with Gasteiger partial charge in [-0.25, -0.2) is 13.1 Å². The van der Waals surface area contributed by atoms with Gasteiger partial charge >= 0.3 is 0 Å². The Kier molecular flexibility index (Phi) is 11.3. The normalized spacial score (nSPS) is 14.2. The van der Waals surface area contributed by atoms with Crippen LogP contribution in [0.15, 0.2) is 24.3 Å². The van der Waals surface area contributed by atoms with Gasteiger partial charge in [0.15, 0.2) is 0 Å². The second-order valence-corrected chi connectivity index (χ2v) is 9.62. The number of amides is 2. The molecule has 0 aliphatic heterocycles. The zero-order valence-electron chi connectivity index (χ0n) is 19.2. The molecule has 0 spiro atoms. The van der Waals surface area contributed by atoms with Gasteiger partial charge in [0.25, 0.3) is 0 Å². The number of carbonyl (C=O) groups excluding carboxylic acids is 2. The van der Waals surface area contributed by atoms with E-state index in [1.807, 2.05) is 6.92 Å². The summed E-state index contributed by atoms with van der Waals surface area (Å²) in [5.74, 6) is -1.30. The van der Waals surface area contributed by atoms with Crippen LogP contribution in [-0.2, 0) is 26.2 Å². The first-order valence-electron chi connectivity index (χ1n) is 10.7. The highest BCUT2D eigenvalue weighted by Crippen LogP contribution is 2.10. The van der Waals surface area contributed by atoms with Crippen LogP contribution >= 0.6 is 0 Å². The van der Waals surface area contributed by atoms with Gasteiger partial charge in [-0.05, 0) is 24.9 Å². The third kappa shape index (κ3) is 8.93. The van der Waals surface area contributed by atoms with Gasteiger partial charge < -0.3 is 21.7 Å². The first-order chi connectivity index (χ1) is 15.0. The number of sulfonamides is 1. The van der Waals surface area contributed by atoms with Crippen molar-refractivity contribution in [2.24, 2.45) is 11.7 Å². The fourth-order valence-corrected chi connectivity index (χ4v) is 4.36. The molecule has 0 saturated heterocycles. The van der Waals surface area contributed by atoms with E-state index in [0.29, 0.717) is 18.4 Å². The molecular formula is C21H36N6O4S. The summed E-state index contributed by atoms with van der Waals surface area (Å²) < 4.78 is 26.9. The molecule has 0 fully saturated rings. The molecule has 32 heavy (non-hydrogen) atoms. The highest BCUT2D eigenvalue weighted by atomic mass is 32.2. The van der Waals surface area contributed by atoms with Crippen molar-refractivity contribution in [2.45, 2.75) is 52.2 Å². The van der Waals surface area contributed by atoms with Crippen LogP contribution in [0.2, 0.25) is 0 Å². The summed E-state index contributed by atoms with van der Waals surface area (Å²) in [6.07, 6.45) is 1.02. The number of benzene rings is 1. The molecule has 11 heteroatoms. The molecule has 7 N–H and O–H groups in total. The van der Waals surface area contributed by atoms with Gasteiger partial charge in [-0.1, -0.05) is 51.5 Å². The second-order valence-electron chi connectivity index (χ2n) is 7.75. The molecule has 0 radical (unpaired) electrons. The van der Waals surface area contributed by atoms with Crippen LogP contribution < -0.4 is 26.4 Å². The first-order valence-corrected chi connectivity index (χ1v) is 12.4. The van der Waals surface area contributed by atoms with Crippen LogP contribution in [0.5, 0.6) is 0 Å². The van der Waals surface area contributed by atoms with E-state index in [1.54, 1.807) is 45.2 Å². The Labute approximate surface area is 190 Å². The third-order valence-corrected chi connectivity index (χ3v) is 6.61. The number of likely N-dealkylation sites (N-methyl/N-ethyl adjacent to an activating group) is 1. The molecule has 0 aliphatic rings. The molecular weight excluding hydrogens is 432 g/mol. The molecule has 180 valence electrons. The van der Waals surface area contributed by atoms with Gasteiger partial charge in [-0.3, -0.25) is 15.0 Å². The average Bonchev–Trinajstić information content (AvgIpc) is 2.75. The molecule has 0 bridgehead atoms. The number of nitrogen functional groups attached to an aromatic ring is 1. The van der Waals surface area contributed by atoms with E-state index in [0.717, 1.165) is 5.56 Å². The molecule has 1 unspecified atom stereocenters. The lowest BCUT2D eigenvalue weighted by atomic mass is 9.99. The summed E-state index contributed by atoms with van der Waals surface area (Å²) in [5.41, 5.74) is 6.83. The van der Waals surface area contributed by atoms with Crippen molar-refractivity contribution in [3.8, 4) is 0 Å². The Hall–Kier alpha value is -2.50. The second kappa shape index (κ2) is 13.1. The first kappa shape index (κ1) is 27.5. The maximum Gasteiger partial charge on any atom is 0.244 e. The number of nitrogens with two attached hydrogens (primary N) is 1. The predicted octanol–water partition coefficient (Wildman–Crippen LogP) is 0.0352. The fraction of sp³-hybridized carbons (Fsp3) is 0.571. The van der Waals surface area contributed by atoms with Gasteiger partial charge in [0, 0.05) is 18.7 Å². The summed E-state index contributed by atoms with van der Waals surface area (Å²) in [6.45, 7) is 5.81. The van der Waals surface area contributed by atoms with Crippen LogP contribution in [0.4, 0.5) is 0 Å². The highest BCUT2D eigenvalue weighted by molar-refractivity contribution is 7.89. The van der Waals surface area contributed by atoms with E-state index in [-0.39, 0.29) is 30.6 Å². The Morgan fingerprint density at radius 1 is 1.12 bits per heavy atom. The van der Waals surface area contributed by atoms with E-state index in [1.165, 1.54) is 0 Å². The molecule has 0 saturated carbocycles. The molecule has 10 nitrogen and oxygen atoms in total. The number of hydrogen-bond acceptors (Lipinski definition) is 6. The summed E-state index contributed by atoms with van der Waals surface area (Å²) >= 11 is 0. The Morgan fingerprint density at radius 2 is 1.75 bits per heavy atom. The SMILES string of the molecule is CCCS(=O)(=O)N[C@@H](C(=O)N[C@@H](CNC)C(=O)NCc1ccc(C(=N)N)cc1)C(C)CC. The standard InChI is InChI=1S/C21H36N6O4S/c1-5-11-32(30,31)27-18(14(3)6-2)21(29)26-17(13-24-4)20(28)25-12-15-7-9-16(10-8-15)19(22)23/h7-10,14,17-18,24,27H,5-6,11-13H2,1-4H3,(H3,22,23)(H,25,28)(H,26,29)/t14?,17-,18+/m0/s1. The lowest BCUT2D eigenvalue weighted by Crippen LogP contribution is -2.57. The van der Waals surface area contributed by atoms with Crippen molar-refractivity contribution < 1.29 is 18.0 Å². The van der Waals surface area contributed by atoms with Crippen LogP contribution in [0.1, 0.15) is 44.7 Å².